The maximum atomic E-state index is 11.5. The first-order chi connectivity index (χ1) is 13.0. The number of alkyl carbamates (subject to hydrolysis) is 1. The molecule has 154 valence electrons. The van der Waals surface area contributed by atoms with Crippen molar-refractivity contribution in [2.75, 3.05) is 26.2 Å². The lowest BCUT2D eigenvalue weighted by Crippen LogP contribution is -2.33. The Balaban J connectivity index is 1.77. The van der Waals surface area contributed by atoms with Crippen molar-refractivity contribution in [1.82, 2.24) is 10.6 Å². The van der Waals surface area contributed by atoms with Crippen molar-refractivity contribution in [1.29, 1.82) is 0 Å². The Bertz CT molecular complexity index is 486. The first kappa shape index (κ1) is 23.4. The summed E-state index contributed by atoms with van der Waals surface area (Å²) in [6.07, 6.45) is 6.41. The van der Waals surface area contributed by atoms with Crippen LogP contribution in [0.15, 0.2) is 30.3 Å². The Labute approximate surface area is 165 Å². The van der Waals surface area contributed by atoms with Crippen LogP contribution in [0, 0.1) is 0 Å². The van der Waals surface area contributed by atoms with Gasteiger partial charge in [0.05, 0.1) is 6.61 Å². The number of nitrogens with one attached hydrogen (secondary N) is 2. The summed E-state index contributed by atoms with van der Waals surface area (Å²) >= 11 is 0. The van der Waals surface area contributed by atoms with Crippen LogP contribution in [0.5, 0.6) is 0 Å². The van der Waals surface area contributed by atoms with Crippen molar-refractivity contribution >= 4 is 6.09 Å². The van der Waals surface area contributed by atoms with E-state index in [1.165, 1.54) is 18.4 Å². The van der Waals surface area contributed by atoms with Gasteiger partial charge in [0, 0.05) is 13.2 Å². The molecule has 5 heteroatoms. The summed E-state index contributed by atoms with van der Waals surface area (Å²) in [7, 11) is 0. The average molecular weight is 379 g/mol. The van der Waals surface area contributed by atoms with Crippen LogP contribution in [0.1, 0.15) is 64.9 Å². The van der Waals surface area contributed by atoms with Crippen molar-refractivity contribution in [3.63, 3.8) is 0 Å². The molecule has 0 spiro atoms. The van der Waals surface area contributed by atoms with Gasteiger partial charge < -0.3 is 20.1 Å². The van der Waals surface area contributed by atoms with Crippen LogP contribution in [-0.2, 0) is 16.1 Å². The highest BCUT2D eigenvalue weighted by atomic mass is 16.6. The lowest BCUT2D eigenvalue weighted by Gasteiger charge is -2.19. The zero-order valence-electron chi connectivity index (χ0n) is 17.4. The molecular formula is C22H38N2O3. The summed E-state index contributed by atoms with van der Waals surface area (Å²) in [4.78, 5) is 11.5. The topological polar surface area (TPSA) is 59.6 Å². The van der Waals surface area contributed by atoms with Crippen LogP contribution in [-0.4, -0.2) is 37.9 Å². The average Bonchev–Trinajstić information content (AvgIpc) is 2.61. The van der Waals surface area contributed by atoms with E-state index in [-0.39, 0.29) is 6.09 Å². The second-order valence-electron chi connectivity index (χ2n) is 7.84. The number of hydrogen-bond donors (Lipinski definition) is 2. The summed E-state index contributed by atoms with van der Waals surface area (Å²) in [5, 5.41) is 6.28. The van der Waals surface area contributed by atoms with Gasteiger partial charge in [0.1, 0.15) is 5.60 Å². The van der Waals surface area contributed by atoms with Crippen molar-refractivity contribution in [2.24, 2.45) is 0 Å². The van der Waals surface area contributed by atoms with Crippen LogP contribution in [0.3, 0.4) is 0 Å². The minimum atomic E-state index is -0.427. The molecule has 0 heterocycles. The lowest BCUT2D eigenvalue weighted by atomic mass is 10.2. The molecule has 0 aliphatic heterocycles. The molecule has 0 aromatic heterocycles. The van der Waals surface area contributed by atoms with E-state index in [9.17, 15) is 4.79 Å². The SMILES string of the molecule is CC(C)(C)OC(=O)NCCCCCCNCCCCOCc1ccccc1. The van der Waals surface area contributed by atoms with Crippen molar-refractivity contribution in [3.05, 3.63) is 35.9 Å². The second kappa shape index (κ2) is 14.5. The molecule has 0 bridgehead atoms. The molecule has 1 rings (SSSR count). The van der Waals surface area contributed by atoms with Gasteiger partial charge in [-0.2, -0.15) is 0 Å². The molecule has 0 aliphatic rings. The van der Waals surface area contributed by atoms with Gasteiger partial charge in [0.25, 0.3) is 0 Å². The van der Waals surface area contributed by atoms with Crippen LogP contribution in [0.2, 0.25) is 0 Å². The summed E-state index contributed by atoms with van der Waals surface area (Å²) in [5.74, 6) is 0. The number of benzene rings is 1. The molecule has 0 aliphatic carbocycles. The first-order valence-corrected chi connectivity index (χ1v) is 10.3. The Morgan fingerprint density at radius 1 is 0.889 bits per heavy atom. The van der Waals surface area contributed by atoms with E-state index in [0.717, 1.165) is 45.4 Å². The predicted octanol–water partition coefficient (Wildman–Crippen LogP) is 4.66. The number of rotatable bonds is 14. The molecule has 0 fully saturated rings. The molecule has 0 atom stereocenters. The summed E-state index contributed by atoms with van der Waals surface area (Å²) in [6.45, 7) is 9.94. The number of amides is 1. The highest BCUT2D eigenvalue weighted by molar-refractivity contribution is 5.67. The third-order valence-corrected chi connectivity index (χ3v) is 3.95. The maximum Gasteiger partial charge on any atom is 0.407 e. The summed E-state index contributed by atoms with van der Waals surface area (Å²) in [6, 6.07) is 10.3. The highest BCUT2D eigenvalue weighted by Crippen LogP contribution is 2.06. The van der Waals surface area contributed by atoms with Crippen molar-refractivity contribution < 1.29 is 14.3 Å². The van der Waals surface area contributed by atoms with Gasteiger partial charge in [0.15, 0.2) is 0 Å². The monoisotopic (exact) mass is 378 g/mol. The molecule has 0 radical (unpaired) electrons. The van der Waals surface area contributed by atoms with E-state index in [1.54, 1.807) is 0 Å². The van der Waals surface area contributed by atoms with Gasteiger partial charge in [-0.1, -0.05) is 43.2 Å². The van der Waals surface area contributed by atoms with Crippen LogP contribution in [0.25, 0.3) is 0 Å². The molecule has 0 unspecified atom stereocenters. The molecular weight excluding hydrogens is 340 g/mol. The Morgan fingerprint density at radius 2 is 1.52 bits per heavy atom. The van der Waals surface area contributed by atoms with Gasteiger partial charge in [-0.15, -0.1) is 0 Å². The third kappa shape index (κ3) is 15.2. The minimum absolute atomic E-state index is 0.322. The normalized spacial score (nSPS) is 11.4. The first-order valence-electron chi connectivity index (χ1n) is 10.3. The molecule has 27 heavy (non-hydrogen) atoms. The Hall–Kier alpha value is -1.59. The number of ether oxygens (including phenoxy) is 2. The van der Waals surface area contributed by atoms with Gasteiger partial charge in [0.2, 0.25) is 0 Å². The van der Waals surface area contributed by atoms with Crippen molar-refractivity contribution in [2.45, 2.75) is 71.5 Å². The molecule has 2 N–H and O–H groups in total. The van der Waals surface area contributed by atoms with Crippen LogP contribution in [0.4, 0.5) is 4.79 Å². The smallest absolute Gasteiger partial charge is 0.407 e. The molecule has 0 saturated heterocycles. The fourth-order valence-electron chi connectivity index (χ4n) is 2.58. The zero-order chi connectivity index (χ0) is 19.8. The molecule has 5 nitrogen and oxygen atoms in total. The largest absolute Gasteiger partial charge is 0.444 e. The van der Waals surface area contributed by atoms with E-state index in [1.807, 2.05) is 39.0 Å². The summed E-state index contributed by atoms with van der Waals surface area (Å²) < 4.78 is 10.9. The minimum Gasteiger partial charge on any atom is -0.444 e. The van der Waals surface area contributed by atoms with Crippen molar-refractivity contribution in [3.8, 4) is 0 Å². The molecule has 1 aromatic rings. The Kier molecular flexibility index (Phi) is 12.6. The quantitative estimate of drug-likeness (QED) is 0.462. The van der Waals surface area contributed by atoms with Gasteiger partial charge in [-0.3, -0.25) is 0 Å². The van der Waals surface area contributed by atoms with E-state index in [4.69, 9.17) is 9.47 Å². The predicted molar refractivity (Wildman–Crippen MR) is 111 cm³/mol. The number of carbonyl (C=O) groups excluding carboxylic acids is 1. The number of unbranched alkanes of at least 4 members (excludes halogenated alkanes) is 4. The van der Waals surface area contributed by atoms with Gasteiger partial charge in [-0.05, 0) is 65.1 Å². The van der Waals surface area contributed by atoms with Gasteiger partial charge in [-0.25, -0.2) is 4.79 Å². The lowest BCUT2D eigenvalue weighted by molar-refractivity contribution is 0.0527. The fourth-order valence-corrected chi connectivity index (χ4v) is 2.58. The standard InChI is InChI=1S/C22H38N2O3/c1-22(2,3)27-21(25)24-17-10-5-4-9-15-23-16-11-12-18-26-19-20-13-7-6-8-14-20/h6-8,13-14,23H,4-5,9-12,15-19H2,1-3H3,(H,24,25). The highest BCUT2D eigenvalue weighted by Gasteiger charge is 2.15. The number of hydrogen-bond acceptors (Lipinski definition) is 4. The molecule has 1 aromatic carbocycles. The maximum absolute atomic E-state index is 11.5. The van der Waals surface area contributed by atoms with E-state index >= 15 is 0 Å². The Morgan fingerprint density at radius 3 is 2.19 bits per heavy atom. The fraction of sp³-hybridized carbons (Fsp3) is 0.682. The zero-order valence-corrected chi connectivity index (χ0v) is 17.4. The van der Waals surface area contributed by atoms with Crippen LogP contribution < -0.4 is 10.6 Å². The van der Waals surface area contributed by atoms with E-state index < -0.39 is 5.60 Å². The molecule has 1 amide bonds. The second-order valence-corrected chi connectivity index (χ2v) is 7.84. The van der Waals surface area contributed by atoms with E-state index in [2.05, 4.69) is 22.8 Å². The van der Waals surface area contributed by atoms with E-state index in [0.29, 0.717) is 13.2 Å². The summed E-state index contributed by atoms with van der Waals surface area (Å²) in [5.41, 5.74) is 0.806. The molecule has 0 saturated carbocycles. The number of carbonyl (C=O) groups is 1. The van der Waals surface area contributed by atoms with Gasteiger partial charge >= 0.3 is 6.09 Å². The van der Waals surface area contributed by atoms with Crippen LogP contribution >= 0.6 is 0 Å². The third-order valence-electron chi connectivity index (χ3n) is 3.95.